The summed E-state index contributed by atoms with van der Waals surface area (Å²) in [5.74, 6) is 1.07. The van der Waals surface area contributed by atoms with E-state index >= 15 is 0 Å². The summed E-state index contributed by atoms with van der Waals surface area (Å²) in [4.78, 5) is 0. The van der Waals surface area contributed by atoms with E-state index in [0.29, 0.717) is 6.10 Å². The van der Waals surface area contributed by atoms with Gasteiger partial charge in [-0.2, -0.15) is 0 Å². The van der Waals surface area contributed by atoms with E-state index < -0.39 is 0 Å². The number of ether oxygens (including phenoxy) is 1. The minimum Gasteiger partial charge on any atom is -0.490 e. The first kappa shape index (κ1) is 13.4. The molecular formula is C16H25NO. The van der Waals surface area contributed by atoms with Crippen molar-refractivity contribution in [2.75, 3.05) is 6.54 Å². The Morgan fingerprint density at radius 2 is 2.06 bits per heavy atom. The molecule has 2 N–H and O–H groups in total. The number of hydrogen-bond acceptors (Lipinski definition) is 2. The van der Waals surface area contributed by atoms with Gasteiger partial charge in [-0.1, -0.05) is 31.5 Å². The molecule has 0 saturated heterocycles. The highest BCUT2D eigenvalue weighted by molar-refractivity contribution is 5.40. The van der Waals surface area contributed by atoms with E-state index in [2.05, 4.69) is 39.0 Å². The van der Waals surface area contributed by atoms with Crippen molar-refractivity contribution in [1.29, 1.82) is 0 Å². The van der Waals surface area contributed by atoms with Crippen molar-refractivity contribution in [1.82, 2.24) is 0 Å². The van der Waals surface area contributed by atoms with Crippen LogP contribution in [0.4, 0.5) is 0 Å². The van der Waals surface area contributed by atoms with Gasteiger partial charge in [-0.25, -0.2) is 0 Å². The molecule has 0 radical (unpaired) electrons. The molecule has 0 aliphatic carbocycles. The van der Waals surface area contributed by atoms with Gasteiger partial charge < -0.3 is 10.5 Å². The molecule has 0 spiro atoms. The Bertz CT molecular complexity index is 401. The van der Waals surface area contributed by atoms with E-state index in [1.807, 2.05) is 0 Å². The molecule has 1 unspecified atom stereocenters. The zero-order valence-electron chi connectivity index (χ0n) is 11.8. The van der Waals surface area contributed by atoms with Crippen LogP contribution in [0.3, 0.4) is 0 Å². The fraction of sp³-hybridized carbons (Fsp3) is 0.625. The number of hydrogen-bond donors (Lipinski definition) is 1. The maximum Gasteiger partial charge on any atom is 0.123 e. The number of aryl methyl sites for hydroxylation is 1. The SMILES string of the molecule is CCC(CC)(CN)CC1Cc2cc(C)ccc2O1. The normalized spacial score (nSPS) is 18.6. The predicted octanol–water partition coefficient (Wildman–Crippen LogP) is 3.45. The fourth-order valence-electron chi connectivity index (χ4n) is 2.96. The summed E-state index contributed by atoms with van der Waals surface area (Å²) < 4.78 is 6.07. The Hall–Kier alpha value is -1.02. The molecule has 0 amide bonds. The van der Waals surface area contributed by atoms with Crippen LogP contribution in [0.2, 0.25) is 0 Å². The number of fused-ring (bicyclic) bond motifs is 1. The minimum atomic E-state index is 0.252. The Kier molecular flexibility index (Phi) is 3.96. The summed E-state index contributed by atoms with van der Waals surface area (Å²) in [6.45, 7) is 7.37. The highest BCUT2D eigenvalue weighted by atomic mass is 16.5. The van der Waals surface area contributed by atoms with Gasteiger partial charge in [0.15, 0.2) is 0 Å². The molecule has 18 heavy (non-hydrogen) atoms. The van der Waals surface area contributed by atoms with Crippen LogP contribution in [0.15, 0.2) is 18.2 Å². The molecule has 2 nitrogen and oxygen atoms in total. The molecule has 0 fully saturated rings. The van der Waals surface area contributed by atoms with E-state index in [-0.39, 0.29) is 5.41 Å². The second kappa shape index (κ2) is 5.31. The van der Waals surface area contributed by atoms with Crippen LogP contribution < -0.4 is 10.5 Å². The first-order valence-electron chi connectivity index (χ1n) is 7.08. The van der Waals surface area contributed by atoms with Crippen molar-refractivity contribution in [3.8, 4) is 5.75 Å². The van der Waals surface area contributed by atoms with Gasteiger partial charge in [0.1, 0.15) is 11.9 Å². The molecular weight excluding hydrogens is 222 g/mol. The summed E-state index contributed by atoms with van der Waals surface area (Å²) in [6.07, 6.45) is 4.69. The molecule has 1 aromatic carbocycles. The number of benzene rings is 1. The second-order valence-corrected chi connectivity index (χ2v) is 5.67. The maximum atomic E-state index is 6.07. The van der Waals surface area contributed by atoms with Crippen LogP contribution in [0.1, 0.15) is 44.2 Å². The fourth-order valence-corrected chi connectivity index (χ4v) is 2.96. The summed E-state index contributed by atoms with van der Waals surface area (Å²) >= 11 is 0. The van der Waals surface area contributed by atoms with Crippen molar-refractivity contribution in [2.24, 2.45) is 11.1 Å². The molecule has 2 rings (SSSR count). The van der Waals surface area contributed by atoms with Crippen LogP contribution in [-0.2, 0) is 6.42 Å². The highest BCUT2D eigenvalue weighted by Crippen LogP contribution is 2.37. The maximum absolute atomic E-state index is 6.07. The van der Waals surface area contributed by atoms with Gasteiger partial charge in [-0.05, 0) is 49.8 Å². The van der Waals surface area contributed by atoms with Crippen LogP contribution in [0.5, 0.6) is 5.75 Å². The van der Waals surface area contributed by atoms with Crippen molar-refractivity contribution < 1.29 is 4.74 Å². The molecule has 1 aromatic rings. The van der Waals surface area contributed by atoms with Gasteiger partial charge in [-0.3, -0.25) is 0 Å². The van der Waals surface area contributed by atoms with E-state index in [9.17, 15) is 0 Å². The molecule has 0 bridgehead atoms. The summed E-state index contributed by atoms with van der Waals surface area (Å²) in [7, 11) is 0. The third-order valence-electron chi connectivity index (χ3n) is 4.55. The second-order valence-electron chi connectivity index (χ2n) is 5.67. The Labute approximate surface area is 111 Å². The number of nitrogens with two attached hydrogens (primary N) is 1. The molecule has 1 aliphatic heterocycles. The molecule has 1 heterocycles. The van der Waals surface area contributed by atoms with Crippen LogP contribution >= 0.6 is 0 Å². The van der Waals surface area contributed by atoms with Crippen molar-refractivity contribution in [3.05, 3.63) is 29.3 Å². The third-order valence-corrected chi connectivity index (χ3v) is 4.55. The minimum absolute atomic E-state index is 0.252. The Balaban J connectivity index is 2.07. The lowest BCUT2D eigenvalue weighted by Crippen LogP contribution is -2.34. The van der Waals surface area contributed by atoms with Gasteiger partial charge in [0.05, 0.1) is 0 Å². The molecule has 1 atom stereocenters. The molecule has 0 aromatic heterocycles. The first-order chi connectivity index (χ1) is 8.62. The van der Waals surface area contributed by atoms with Gasteiger partial charge in [0.25, 0.3) is 0 Å². The molecule has 100 valence electrons. The Morgan fingerprint density at radius 3 is 2.67 bits per heavy atom. The average Bonchev–Trinajstić information content (AvgIpc) is 2.77. The highest BCUT2D eigenvalue weighted by Gasteiger charge is 2.32. The van der Waals surface area contributed by atoms with E-state index in [1.165, 1.54) is 11.1 Å². The van der Waals surface area contributed by atoms with Gasteiger partial charge in [0, 0.05) is 6.42 Å². The predicted molar refractivity (Wildman–Crippen MR) is 76.0 cm³/mol. The van der Waals surface area contributed by atoms with Crippen LogP contribution in [0.25, 0.3) is 0 Å². The Morgan fingerprint density at radius 1 is 1.33 bits per heavy atom. The van der Waals surface area contributed by atoms with Crippen molar-refractivity contribution >= 4 is 0 Å². The quantitative estimate of drug-likeness (QED) is 0.865. The van der Waals surface area contributed by atoms with Gasteiger partial charge in [0.2, 0.25) is 0 Å². The topological polar surface area (TPSA) is 35.2 Å². The molecule has 1 aliphatic rings. The third kappa shape index (κ3) is 2.54. The van der Waals surface area contributed by atoms with Gasteiger partial charge >= 0.3 is 0 Å². The first-order valence-corrected chi connectivity index (χ1v) is 7.08. The van der Waals surface area contributed by atoms with E-state index in [4.69, 9.17) is 10.5 Å². The number of rotatable bonds is 5. The summed E-state index contributed by atoms with van der Waals surface area (Å²) in [5, 5.41) is 0. The zero-order valence-corrected chi connectivity index (χ0v) is 11.8. The summed E-state index contributed by atoms with van der Waals surface area (Å²) in [5.41, 5.74) is 8.91. The standard InChI is InChI=1S/C16H25NO/c1-4-16(5-2,11-17)10-14-9-13-8-12(3)6-7-15(13)18-14/h6-8,14H,4-5,9-11,17H2,1-3H3. The summed E-state index contributed by atoms with van der Waals surface area (Å²) in [6, 6.07) is 6.47. The lowest BCUT2D eigenvalue weighted by atomic mass is 9.77. The zero-order chi connectivity index (χ0) is 13.2. The van der Waals surface area contributed by atoms with Crippen molar-refractivity contribution in [3.63, 3.8) is 0 Å². The lowest BCUT2D eigenvalue weighted by Gasteiger charge is -2.32. The molecule has 0 saturated carbocycles. The monoisotopic (exact) mass is 247 g/mol. The van der Waals surface area contributed by atoms with Crippen molar-refractivity contribution in [2.45, 2.75) is 52.6 Å². The largest absolute Gasteiger partial charge is 0.490 e. The average molecular weight is 247 g/mol. The van der Waals surface area contributed by atoms with Crippen LogP contribution in [-0.4, -0.2) is 12.6 Å². The van der Waals surface area contributed by atoms with E-state index in [0.717, 1.165) is 38.0 Å². The van der Waals surface area contributed by atoms with E-state index in [1.54, 1.807) is 0 Å². The van der Waals surface area contributed by atoms with Gasteiger partial charge in [-0.15, -0.1) is 0 Å². The molecule has 2 heteroatoms. The lowest BCUT2D eigenvalue weighted by molar-refractivity contribution is 0.130. The smallest absolute Gasteiger partial charge is 0.123 e. The van der Waals surface area contributed by atoms with Crippen LogP contribution in [0, 0.1) is 12.3 Å².